The summed E-state index contributed by atoms with van der Waals surface area (Å²) in [6.45, 7) is 1.31. The van der Waals surface area contributed by atoms with Gasteiger partial charge in [0, 0.05) is 31.2 Å². The minimum Gasteiger partial charge on any atom is -0.406 e. The third-order valence-corrected chi connectivity index (χ3v) is 5.94. The zero-order valence-corrected chi connectivity index (χ0v) is 18.3. The zero-order chi connectivity index (χ0) is 23.3. The number of aromatic nitrogens is 5. The number of hydrogen-bond donors (Lipinski definition) is 0. The Balaban J connectivity index is 1.63. The van der Waals surface area contributed by atoms with Crippen LogP contribution in [0.3, 0.4) is 0 Å². The fraction of sp³-hybridized carbons (Fsp3) is 0.381. The molecule has 0 bridgehead atoms. The molecule has 0 aliphatic carbocycles. The van der Waals surface area contributed by atoms with Crippen LogP contribution in [0.5, 0.6) is 5.75 Å². The molecule has 0 spiro atoms. The Morgan fingerprint density at radius 1 is 1.03 bits per heavy atom. The number of alkyl halides is 3. The maximum atomic E-state index is 13.3. The van der Waals surface area contributed by atoms with Crippen LogP contribution in [0, 0.1) is 0 Å². The highest BCUT2D eigenvalue weighted by atomic mass is 32.2. The number of carbonyl (C=O) groups excluding carboxylic acids is 1. The van der Waals surface area contributed by atoms with Crippen LogP contribution in [0.1, 0.15) is 41.9 Å². The number of ether oxygens (including phenoxy) is 1. The van der Waals surface area contributed by atoms with Gasteiger partial charge in [-0.2, -0.15) is 0 Å². The van der Waals surface area contributed by atoms with Crippen molar-refractivity contribution >= 4 is 17.7 Å². The summed E-state index contributed by atoms with van der Waals surface area (Å²) in [4.78, 5) is 23.4. The third kappa shape index (κ3) is 6.01. The Bertz CT molecular complexity index is 1070. The SMILES string of the molecule is O=C(c1nnn(-c2ccc(OC(F)(F)F)cc2)c1CSc1ncccn1)N1CCCCCC1. The lowest BCUT2D eigenvalue weighted by molar-refractivity contribution is -0.274. The van der Waals surface area contributed by atoms with E-state index in [0.717, 1.165) is 25.7 Å². The highest BCUT2D eigenvalue weighted by Gasteiger charge is 2.31. The van der Waals surface area contributed by atoms with Crippen LogP contribution in [0.25, 0.3) is 5.69 Å². The van der Waals surface area contributed by atoms with E-state index in [-0.39, 0.29) is 17.4 Å². The van der Waals surface area contributed by atoms with E-state index in [1.165, 1.54) is 40.7 Å². The number of hydrogen-bond acceptors (Lipinski definition) is 7. The van der Waals surface area contributed by atoms with E-state index >= 15 is 0 Å². The van der Waals surface area contributed by atoms with Crippen molar-refractivity contribution in [3.05, 3.63) is 54.1 Å². The van der Waals surface area contributed by atoms with Crippen LogP contribution in [-0.2, 0) is 5.75 Å². The van der Waals surface area contributed by atoms with Crippen molar-refractivity contribution in [2.75, 3.05) is 13.1 Å². The van der Waals surface area contributed by atoms with Gasteiger partial charge in [0.25, 0.3) is 5.91 Å². The minimum absolute atomic E-state index is 0.204. The smallest absolute Gasteiger partial charge is 0.406 e. The molecule has 1 aliphatic rings. The van der Waals surface area contributed by atoms with Crippen molar-refractivity contribution in [1.82, 2.24) is 29.9 Å². The number of nitrogens with zero attached hydrogens (tertiary/aromatic N) is 6. The molecule has 12 heteroatoms. The molecule has 1 fully saturated rings. The lowest BCUT2D eigenvalue weighted by Gasteiger charge is -2.19. The summed E-state index contributed by atoms with van der Waals surface area (Å²) in [5, 5.41) is 8.81. The summed E-state index contributed by atoms with van der Waals surface area (Å²) >= 11 is 1.31. The number of rotatable bonds is 6. The Morgan fingerprint density at radius 2 is 1.70 bits per heavy atom. The highest BCUT2D eigenvalue weighted by molar-refractivity contribution is 7.98. The number of thioether (sulfide) groups is 1. The predicted octanol–water partition coefficient (Wildman–Crippen LogP) is 4.26. The normalized spacial score (nSPS) is 14.7. The molecule has 174 valence electrons. The van der Waals surface area contributed by atoms with E-state index in [1.807, 2.05) is 0 Å². The first-order chi connectivity index (χ1) is 15.9. The molecule has 1 aromatic carbocycles. The Kier molecular flexibility index (Phi) is 7.11. The lowest BCUT2D eigenvalue weighted by atomic mass is 10.2. The van der Waals surface area contributed by atoms with Crippen LogP contribution in [0.2, 0.25) is 0 Å². The maximum absolute atomic E-state index is 13.3. The van der Waals surface area contributed by atoms with Gasteiger partial charge in [0.05, 0.1) is 11.4 Å². The monoisotopic (exact) mass is 478 g/mol. The number of likely N-dealkylation sites (tertiary alicyclic amines) is 1. The van der Waals surface area contributed by atoms with Crippen LogP contribution >= 0.6 is 11.8 Å². The second-order valence-electron chi connectivity index (χ2n) is 7.36. The molecule has 1 amide bonds. The molecule has 33 heavy (non-hydrogen) atoms. The fourth-order valence-electron chi connectivity index (χ4n) is 3.51. The second kappa shape index (κ2) is 10.2. The first kappa shape index (κ1) is 23.0. The topological polar surface area (TPSA) is 86.0 Å². The summed E-state index contributed by atoms with van der Waals surface area (Å²) in [7, 11) is 0. The van der Waals surface area contributed by atoms with Gasteiger partial charge < -0.3 is 9.64 Å². The van der Waals surface area contributed by atoms with Gasteiger partial charge in [-0.3, -0.25) is 4.79 Å². The van der Waals surface area contributed by atoms with Crippen molar-refractivity contribution in [1.29, 1.82) is 0 Å². The van der Waals surface area contributed by atoms with E-state index in [9.17, 15) is 18.0 Å². The third-order valence-electron chi connectivity index (χ3n) is 5.05. The minimum atomic E-state index is -4.78. The molecular formula is C21H21F3N6O2S. The highest BCUT2D eigenvalue weighted by Crippen LogP contribution is 2.27. The number of amides is 1. The molecule has 0 radical (unpaired) electrons. The Morgan fingerprint density at radius 3 is 2.33 bits per heavy atom. The molecule has 0 unspecified atom stereocenters. The molecule has 3 aromatic rings. The molecule has 2 aromatic heterocycles. The molecule has 1 aliphatic heterocycles. The van der Waals surface area contributed by atoms with Gasteiger partial charge in [-0.15, -0.1) is 18.3 Å². The van der Waals surface area contributed by atoms with Crippen LogP contribution in [0.15, 0.2) is 47.9 Å². The summed E-state index contributed by atoms with van der Waals surface area (Å²) in [6.07, 6.45) is 2.48. The molecular weight excluding hydrogens is 457 g/mol. The second-order valence-corrected chi connectivity index (χ2v) is 8.31. The molecule has 1 saturated heterocycles. The summed E-state index contributed by atoms with van der Waals surface area (Å²) in [5.74, 6) is -0.252. The largest absolute Gasteiger partial charge is 0.573 e. The van der Waals surface area contributed by atoms with Gasteiger partial charge in [-0.25, -0.2) is 14.6 Å². The van der Waals surface area contributed by atoms with Crippen LogP contribution in [0.4, 0.5) is 13.2 Å². The van der Waals surface area contributed by atoms with Crippen molar-refractivity contribution in [2.24, 2.45) is 0 Å². The van der Waals surface area contributed by atoms with E-state index in [2.05, 4.69) is 25.0 Å². The number of halogens is 3. The molecule has 3 heterocycles. The maximum Gasteiger partial charge on any atom is 0.573 e. The van der Waals surface area contributed by atoms with E-state index in [0.29, 0.717) is 35.4 Å². The van der Waals surface area contributed by atoms with Gasteiger partial charge in [0.1, 0.15) is 5.75 Å². The molecule has 4 rings (SSSR count). The average molecular weight is 479 g/mol. The summed E-state index contributed by atoms with van der Waals surface area (Å²) in [6, 6.07) is 6.96. The Labute approximate surface area is 192 Å². The van der Waals surface area contributed by atoms with E-state index in [4.69, 9.17) is 0 Å². The van der Waals surface area contributed by atoms with Gasteiger partial charge >= 0.3 is 6.36 Å². The summed E-state index contributed by atoms with van der Waals surface area (Å²) in [5.41, 5.74) is 1.19. The van der Waals surface area contributed by atoms with Gasteiger partial charge in [0.15, 0.2) is 10.9 Å². The molecule has 0 N–H and O–H groups in total. The molecule has 0 atom stereocenters. The van der Waals surface area contributed by atoms with Crippen molar-refractivity contribution in [2.45, 2.75) is 43.0 Å². The number of carbonyl (C=O) groups is 1. The van der Waals surface area contributed by atoms with Crippen molar-refractivity contribution in [3.8, 4) is 11.4 Å². The Hall–Kier alpha value is -3.15. The predicted molar refractivity (Wildman–Crippen MR) is 114 cm³/mol. The fourth-order valence-corrected chi connectivity index (χ4v) is 4.31. The lowest BCUT2D eigenvalue weighted by Crippen LogP contribution is -2.32. The molecule has 0 saturated carbocycles. The van der Waals surface area contributed by atoms with Gasteiger partial charge in [-0.1, -0.05) is 29.8 Å². The van der Waals surface area contributed by atoms with Crippen molar-refractivity contribution < 1.29 is 22.7 Å². The van der Waals surface area contributed by atoms with Crippen LogP contribution in [-0.4, -0.2) is 55.2 Å². The molecule has 8 nitrogen and oxygen atoms in total. The zero-order valence-electron chi connectivity index (χ0n) is 17.5. The first-order valence-corrected chi connectivity index (χ1v) is 11.4. The first-order valence-electron chi connectivity index (χ1n) is 10.4. The van der Waals surface area contributed by atoms with Crippen molar-refractivity contribution in [3.63, 3.8) is 0 Å². The van der Waals surface area contributed by atoms with E-state index in [1.54, 1.807) is 23.4 Å². The van der Waals surface area contributed by atoms with E-state index < -0.39 is 6.36 Å². The summed E-state index contributed by atoms with van der Waals surface area (Å²) < 4.78 is 42.8. The standard InChI is InChI=1S/C21H21F3N6O2S/c22-21(23,24)32-16-8-6-15(7-9-16)30-17(14-33-20-25-10-5-11-26-20)18(27-28-30)19(31)29-12-3-1-2-4-13-29/h5-11H,1-4,12-14H2. The average Bonchev–Trinajstić information content (AvgIpc) is 3.02. The number of benzene rings is 1. The van der Waals surface area contributed by atoms with Crippen LogP contribution < -0.4 is 4.74 Å². The quantitative estimate of drug-likeness (QED) is 0.386. The van der Waals surface area contributed by atoms with Gasteiger partial charge in [-0.05, 0) is 43.2 Å². The van der Waals surface area contributed by atoms with Gasteiger partial charge in [0.2, 0.25) is 0 Å².